The minimum Gasteiger partial charge on any atom is -0.480 e. The minimum absolute atomic E-state index is 0.237. The molecule has 1 fully saturated rings. The van der Waals surface area contributed by atoms with E-state index in [1.165, 1.54) is 11.8 Å². The van der Waals surface area contributed by atoms with Crippen molar-refractivity contribution >= 4 is 34.6 Å². The summed E-state index contributed by atoms with van der Waals surface area (Å²) in [5.74, 6) is -2.72. The third-order valence-corrected chi connectivity index (χ3v) is 6.25. The van der Waals surface area contributed by atoms with Crippen molar-refractivity contribution in [3.05, 3.63) is 36.0 Å². The van der Waals surface area contributed by atoms with Crippen molar-refractivity contribution in [1.29, 1.82) is 0 Å². The molecule has 0 saturated carbocycles. The Morgan fingerprint density at radius 1 is 1.18 bits per heavy atom. The first-order chi connectivity index (χ1) is 16.1. The Hall–Kier alpha value is -3.40. The lowest BCUT2D eigenvalue weighted by molar-refractivity contribution is -0.145. The van der Waals surface area contributed by atoms with Gasteiger partial charge in [-0.1, -0.05) is 32.0 Å². The van der Waals surface area contributed by atoms with Crippen LogP contribution >= 0.6 is 0 Å². The molecule has 1 aliphatic heterocycles. The topological polar surface area (TPSA) is 158 Å². The standard InChI is InChI=1S/C24H33N5O5/c1-13(2)20(23(32)29-10-6-9-19(29)22(31)27-14(3)24(33)34)28-21(30)17(25)11-15-12-26-18-8-5-4-7-16(15)18/h4-5,7-8,12-14,17,19-20,26H,6,9-11,25H2,1-3H3,(H,27,31)(H,28,30)(H,33,34). The van der Waals surface area contributed by atoms with Gasteiger partial charge in [0.05, 0.1) is 6.04 Å². The summed E-state index contributed by atoms with van der Waals surface area (Å²) in [6, 6.07) is 4.18. The maximum atomic E-state index is 13.3. The maximum absolute atomic E-state index is 13.3. The molecule has 3 rings (SSSR count). The second-order valence-corrected chi connectivity index (χ2v) is 9.16. The van der Waals surface area contributed by atoms with Gasteiger partial charge >= 0.3 is 5.97 Å². The van der Waals surface area contributed by atoms with E-state index in [0.29, 0.717) is 25.8 Å². The van der Waals surface area contributed by atoms with Crippen LogP contribution in [0.25, 0.3) is 10.9 Å². The highest BCUT2D eigenvalue weighted by Gasteiger charge is 2.39. The second-order valence-electron chi connectivity index (χ2n) is 9.16. The van der Waals surface area contributed by atoms with Crippen molar-refractivity contribution < 1.29 is 24.3 Å². The zero-order chi connectivity index (χ0) is 25.0. The largest absolute Gasteiger partial charge is 0.480 e. The summed E-state index contributed by atoms with van der Waals surface area (Å²) in [4.78, 5) is 54.5. The van der Waals surface area contributed by atoms with E-state index in [1.807, 2.05) is 44.3 Å². The van der Waals surface area contributed by atoms with Gasteiger partial charge in [-0.15, -0.1) is 0 Å². The van der Waals surface area contributed by atoms with Crippen LogP contribution in [0.15, 0.2) is 30.5 Å². The van der Waals surface area contributed by atoms with Crippen LogP contribution in [0.3, 0.4) is 0 Å². The Labute approximate surface area is 198 Å². The van der Waals surface area contributed by atoms with E-state index in [4.69, 9.17) is 10.8 Å². The number of aliphatic carboxylic acids is 1. The van der Waals surface area contributed by atoms with Crippen molar-refractivity contribution in [2.45, 2.75) is 64.2 Å². The number of nitrogens with one attached hydrogen (secondary N) is 3. The van der Waals surface area contributed by atoms with Gasteiger partial charge in [-0.2, -0.15) is 0 Å². The summed E-state index contributed by atoms with van der Waals surface area (Å²) >= 11 is 0. The predicted molar refractivity (Wildman–Crippen MR) is 127 cm³/mol. The van der Waals surface area contributed by atoms with Crippen LogP contribution in [0.4, 0.5) is 0 Å². The fourth-order valence-electron chi connectivity index (χ4n) is 4.26. The summed E-state index contributed by atoms with van der Waals surface area (Å²) < 4.78 is 0. The first kappa shape index (κ1) is 25.2. The molecule has 2 heterocycles. The smallest absolute Gasteiger partial charge is 0.325 e. The molecule has 1 aromatic heterocycles. The molecule has 34 heavy (non-hydrogen) atoms. The van der Waals surface area contributed by atoms with Gasteiger partial charge in [-0.3, -0.25) is 19.2 Å². The Kier molecular flexibility index (Phi) is 7.93. The fourth-order valence-corrected chi connectivity index (χ4v) is 4.26. The number of nitrogens with zero attached hydrogens (tertiary/aromatic N) is 1. The molecule has 0 spiro atoms. The SMILES string of the molecule is CC(NC(=O)C1CCCN1C(=O)C(NC(=O)C(N)Cc1c[nH]c2ccccc12)C(C)C)C(=O)O. The number of amides is 3. The average molecular weight is 472 g/mol. The quantitative estimate of drug-likeness (QED) is 0.363. The van der Waals surface area contributed by atoms with Crippen LogP contribution in [0.1, 0.15) is 39.2 Å². The van der Waals surface area contributed by atoms with Crippen molar-refractivity contribution in [2.75, 3.05) is 6.54 Å². The molecule has 0 radical (unpaired) electrons. The van der Waals surface area contributed by atoms with Gasteiger partial charge in [0.2, 0.25) is 17.7 Å². The molecule has 184 valence electrons. The number of fused-ring (bicyclic) bond motifs is 1. The predicted octanol–water partition coefficient (Wildman–Crippen LogP) is 0.759. The monoisotopic (exact) mass is 471 g/mol. The molecule has 2 aromatic rings. The number of rotatable bonds is 9. The number of para-hydroxylation sites is 1. The van der Waals surface area contributed by atoms with Gasteiger partial charge in [0, 0.05) is 23.6 Å². The van der Waals surface area contributed by atoms with E-state index < -0.39 is 42.0 Å². The number of aromatic amines is 1. The van der Waals surface area contributed by atoms with E-state index in [0.717, 1.165) is 16.5 Å². The van der Waals surface area contributed by atoms with E-state index in [1.54, 1.807) is 0 Å². The average Bonchev–Trinajstić information content (AvgIpc) is 3.44. The highest BCUT2D eigenvalue weighted by molar-refractivity contribution is 5.95. The molecule has 1 aromatic carbocycles. The first-order valence-electron chi connectivity index (χ1n) is 11.5. The zero-order valence-corrected chi connectivity index (χ0v) is 19.7. The molecule has 1 aliphatic rings. The Bertz CT molecular complexity index is 1060. The van der Waals surface area contributed by atoms with Gasteiger partial charge in [0.25, 0.3) is 0 Å². The fraction of sp³-hybridized carbons (Fsp3) is 0.500. The molecule has 3 amide bonds. The molecule has 10 nitrogen and oxygen atoms in total. The van der Waals surface area contributed by atoms with Gasteiger partial charge in [-0.25, -0.2) is 0 Å². The first-order valence-corrected chi connectivity index (χ1v) is 11.5. The number of aromatic nitrogens is 1. The van der Waals surface area contributed by atoms with Crippen LogP contribution in [0, 0.1) is 5.92 Å². The molecule has 0 bridgehead atoms. The van der Waals surface area contributed by atoms with Crippen molar-refractivity contribution in [2.24, 2.45) is 11.7 Å². The van der Waals surface area contributed by atoms with Gasteiger partial charge in [0.15, 0.2) is 0 Å². The van der Waals surface area contributed by atoms with Crippen molar-refractivity contribution in [3.63, 3.8) is 0 Å². The van der Waals surface area contributed by atoms with E-state index in [9.17, 15) is 19.2 Å². The molecule has 0 aliphatic carbocycles. The lowest BCUT2D eigenvalue weighted by atomic mass is 10.00. The molecule has 6 N–H and O–H groups in total. The van der Waals surface area contributed by atoms with E-state index in [2.05, 4.69) is 15.6 Å². The Morgan fingerprint density at radius 2 is 1.88 bits per heavy atom. The molecule has 4 atom stereocenters. The van der Waals surface area contributed by atoms with Crippen LogP contribution < -0.4 is 16.4 Å². The van der Waals surface area contributed by atoms with Gasteiger partial charge in [0.1, 0.15) is 18.1 Å². The summed E-state index contributed by atoms with van der Waals surface area (Å²) in [7, 11) is 0. The summed E-state index contributed by atoms with van der Waals surface area (Å²) in [5.41, 5.74) is 8.06. The number of carboxylic acids is 1. The summed E-state index contributed by atoms with van der Waals surface area (Å²) in [6.07, 6.45) is 3.18. The highest BCUT2D eigenvalue weighted by atomic mass is 16.4. The van der Waals surface area contributed by atoms with Gasteiger partial charge < -0.3 is 31.4 Å². The van der Waals surface area contributed by atoms with Crippen LogP contribution in [0.5, 0.6) is 0 Å². The van der Waals surface area contributed by atoms with Crippen molar-refractivity contribution in [1.82, 2.24) is 20.5 Å². The number of nitrogens with two attached hydrogens (primary N) is 1. The summed E-state index contributed by atoms with van der Waals surface area (Å²) in [6.45, 7) is 5.35. The third-order valence-electron chi connectivity index (χ3n) is 6.25. The number of H-pyrrole nitrogens is 1. The number of carboxylic acid groups (broad SMARTS) is 1. The summed E-state index contributed by atoms with van der Waals surface area (Å²) in [5, 5.41) is 15.3. The molecular weight excluding hydrogens is 438 g/mol. The molecule has 1 saturated heterocycles. The maximum Gasteiger partial charge on any atom is 0.325 e. The number of hydrogen-bond donors (Lipinski definition) is 5. The lowest BCUT2D eigenvalue weighted by Crippen LogP contribution is -2.58. The number of benzene rings is 1. The third kappa shape index (κ3) is 5.56. The number of carbonyl (C=O) groups excluding carboxylic acids is 3. The van der Waals surface area contributed by atoms with E-state index >= 15 is 0 Å². The number of carbonyl (C=O) groups is 4. The molecule has 10 heteroatoms. The highest BCUT2D eigenvalue weighted by Crippen LogP contribution is 2.21. The van der Waals surface area contributed by atoms with Crippen molar-refractivity contribution in [3.8, 4) is 0 Å². The van der Waals surface area contributed by atoms with Gasteiger partial charge in [-0.05, 0) is 43.7 Å². The number of hydrogen-bond acceptors (Lipinski definition) is 5. The van der Waals surface area contributed by atoms with Crippen LogP contribution in [0.2, 0.25) is 0 Å². The Balaban J connectivity index is 1.67. The lowest BCUT2D eigenvalue weighted by Gasteiger charge is -2.31. The molecular formula is C24H33N5O5. The number of likely N-dealkylation sites (tertiary alicyclic amines) is 1. The normalized spacial score (nSPS) is 18.5. The second kappa shape index (κ2) is 10.7. The van der Waals surface area contributed by atoms with Crippen LogP contribution in [-0.4, -0.2) is 69.4 Å². The minimum atomic E-state index is -1.15. The molecule has 4 unspecified atom stereocenters. The van der Waals surface area contributed by atoms with E-state index in [-0.39, 0.29) is 11.8 Å². The van der Waals surface area contributed by atoms with Crippen LogP contribution in [-0.2, 0) is 25.6 Å². The Morgan fingerprint density at radius 3 is 2.56 bits per heavy atom. The zero-order valence-electron chi connectivity index (χ0n) is 19.7.